The van der Waals surface area contributed by atoms with Crippen molar-refractivity contribution in [1.82, 2.24) is 0 Å². The first-order valence-corrected chi connectivity index (χ1v) is 5.49. The summed E-state index contributed by atoms with van der Waals surface area (Å²) in [5.41, 5.74) is 6.68. The van der Waals surface area contributed by atoms with E-state index in [-0.39, 0.29) is 0 Å². The highest BCUT2D eigenvalue weighted by Crippen LogP contribution is 2.74. The van der Waals surface area contributed by atoms with E-state index in [0.29, 0.717) is 6.04 Å². The molecule has 1 heteroatoms. The Balaban J connectivity index is 1.65. The summed E-state index contributed by atoms with van der Waals surface area (Å²) in [5.74, 6) is 3.16. The molecule has 12 heavy (non-hydrogen) atoms. The van der Waals surface area contributed by atoms with E-state index in [1.54, 1.807) is 0 Å². The highest BCUT2D eigenvalue weighted by atomic mass is 14.8. The summed E-state index contributed by atoms with van der Waals surface area (Å²) >= 11 is 0. The maximum absolute atomic E-state index is 5.83. The van der Waals surface area contributed by atoms with Crippen molar-refractivity contribution >= 4 is 0 Å². The molecule has 0 aromatic carbocycles. The molecule has 0 heterocycles. The Labute approximate surface area is 74.7 Å². The second kappa shape index (κ2) is 2.06. The zero-order valence-corrected chi connectivity index (χ0v) is 7.92. The van der Waals surface area contributed by atoms with Gasteiger partial charge >= 0.3 is 0 Å². The predicted octanol–water partition coefficient (Wildman–Crippen LogP) is 2.16. The Kier molecular flexibility index (Phi) is 1.27. The first-order valence-electron chi connectivity index (χ1n) is 5.49. The summed E-state index contributed by atoms with van der Waals surface area (Å²) < 4.78 is 0. The second-order valence-corrected chi connectivity index (χ2v) is 5.39. The lowest BCUT2D eigenvalue weighted by molar-refractivity contribution is 0.160. The normalized spacial score (nSPS) is 54.5. The third-order valence-corrected chi connectivity index (χ3v) is 5.00. The standard InChI is InChI=1S/C11H19N/c1-7-10(8-5-9(12)6-8)11(7)3-2-4-11/h7-10H,2-6,12H2,1H3. The van der Waals surface area contributed by atoms with Crippen molar-refractivity contribution in [2.45, 2.75) is 45.1 Å². The van der Waals surface area contributed by atoms with Gasteiger partial charge in [0.15, 0.2) is 0 Å². The van der Waals surface area contributed by atoms with Crippen molar-refractivity contribution in [3.05, 3.63) is 0 Å². The fourth-order valence-electron chi connectivity index (χ4n) is 3.99. The fraction of sp³-hybridized carbons (Fsp3) is 1.00. The Morgan fingerprint density at radius 1 is 1.25 bits per heavy atom. The smallest absolute Gasteiger partial charge is 0.00443 e. The molecule has 0 amide bonds. The van der Waals surface area contributed by atoms with Crippen LogP contribution in [0.2, 0.25) is 0 Å². The van der Waals surface area contributed by atoms with Gasteiger partial charge in [-0.25, -0.2) is 0 Å². The van der Waals surface area contributed by atoms with Gasteiger partial charge in [0.05, 0.1) is 0 Å². The maximum Gasteiger partial charge on any atom is 0.00443 e. The van der Waals surface area contributed by atoms with Crippen LogP contribution < -0.4 is 5.73 Å². The van der Waals surface area contributed by atoms with Crippen LogP contribution in [0.1, 0.15) is 39.0 Å². The molecule has 2 N–H and O–H groups in total. The van der Waals surface area contributed by atoms with Gasteiger partial charge < -0.3 is 5.73 Å². The Morgan fingerprint density at radius 2 is 1.92 bits per heavy atom. The van der Waals surface area contributed by atoms with Crippen LogP contribution in [0.25, 0.3) is 0 Å². The van der Waals surface area contributed by atoms with E-state index in [1.807, 2.05) is 0 Å². The van der Waals surface area contributed by atoms with Crippen molar-refractivity contribution in [2.75, 3.05) is 0 Å². The van der Waals surface area contributed by atoms with Gasteiger partial charge in [0, 0.05) is 6.04 Å². The van der Waals surface area contributed by atoms with E-state index in [4.69, 9.17) is 5.73 Å². The largest absolute Gasteiger partial charge is 0.328 e. The highest BCUT2D eigenvalue weighted by molar-refractivity contribution is 5.16. The molecular formula is C11H19N. The molecule has 0 saturated heterocycles. The Bertz CT molecular complexity index is 201. The Morgan fingerprint density at radius 3 is 2.25 bits per heavy atom. The zero-order valence-electron chi connectivity index (χ0n) is 7.92. The minimum atomic E-state index is 0.555. The number of hydrogen-bond donors (Lipinski definition) is 1. The molecule has 0 aliphatic heterocycles. The lowest BCUT2D eigenvalue weighted by Gasteiger charge is -2.37. The molecular weight excluding hydrogens is 146 g/mol. The summed E-state index contributed by atoms with van der Waals surface area (Å²) in [6.07, 6.45) is 7.22. The van der Waals surface area contributed by atoms with Crippen LogP contribution in [0.3, 0.4) is 0 Å². The molecule has 1 spiro atoms. The molecule has 2 atom stereocenters. The number of hydrogen-bond acceptors (Lipinski definition) is 1. The van der Waals surface area contributed by atoms with Crippen molar-refractivity contribution in [1.29, 1.82) is 0 Å². The molecule has 0 aromatic rings. The summed E-state index contributed by atoms with van der Waals surface area (Å²) in [6, 6.07) is 0.555. The summed E-state index contributed by atoms with van der Waals surface area (Å²) in [4.78, 5) is 0. The van der Waals surface area contributed by atoms with Crippen LogP contribution in [0, 0.1) is 23.2 Å². The topological polar surface area (TPSA) is 26.0 Å². The van der Waals surface area contributed by atoms with E-state index in [0.717, 1.165) is 23.2 Å². The molecule has 0 bridgehead atoms. The monoisotopic (exact) mass is 165 g/mol. The minimum absolute atomic E-state index is 0.555. The molecule has 3 rings (SSSR count). The van der Waals surface area contributed by atoms with Crippen molar-refractivity contribution in [3.63, 3.8) is 0 Å². The lowest BCUT2D eigenvalue weighted by atomic mass is 9.70. The van der Waals surface area contributed by atoms with Gasteiger partial charge in [-0.2, -0.15) is 0 Å². The molecule has 0 aromatic heterocycles. The van der Waals surface area contributed by atoms with Crippen LogP contribution >= 0.6 is 0 Å². The van der Waals surface area contributed by atoms with E-state index >= 15 is 0 Å². The van der Waals surface area contributed by atoms with Crippen LogP contribution in [0.15, 0.2) is 0 Å². The van der Waals surface area contributed by atoms with Crippen LogP contribution in [-0.2, 0) is 0 Å². The van der Waals surface area contributed by atoms with Gasteiger partial charge in [-0.3, -0.25) is 0 Å². The first kappa shape index (κ1) is 7.37. The van der Waals surface area contributed by atoms with Gasteiger partial charge in [-0.15, -0.1) is 0 Å². The van der Waals surface area contributed by atoms with Gasteiger partial charge in [-0.05, 0) is 48.9 Å². The van der Waals surface area contributed by atoms with Crippen LogP contribution in [0.5, 0.6) is 0 Å². The molecule has 3 aliphatic carbocycles. The minimum Gasteiger partial charge on any atom is -0.328 e. The van der Waals surface area contributed by atoms with Gasteiger partial charge in [0.1, 0.15) is 0 Å². The predicted molar refractivity (Wildman–Crippen MR) is 49.6 cm³/mol. The second-order valence-electron chi connectivity index (χ2n) is 5.39. The quantitative estimate of drug-likeness (QED) is 0.633. The van der Waals surface area contributed by atoms with E-state index in [2.05, 4.69) is 6.92 Å². The zero-order chi connectivity index (χ0) is 8.34. The average Bonchev–Trinajstić information content (AvgIpc) is 2.48. The maximum atomic E-state index is 5.83. The first-order chi connectivity index (χ1) is 5.74. The lowest BCUT2D eigenvalue weighted by Crippen LogP contribution is -2.38. The van der Waals surface area contributed by atoms with Crippen molar-refractivity contribution in [2.24, 2.45) is 28.9 Å². The molecule has 3 fully saturated rings. The SMILES string of the molecule is CC1C(C2CC(N)C2)C12CCC2. The number of rotatable bonds is 1. The summed E-state index contributed by atoms with van der Waals surface area (Å²) in [7, 11) is 0. The summed E-state index contributed by atoms with van der Waals surface area (Å²) in [5, 5.41) is 0. The third kappa shape index (κ3) is 0.693. The van der Waals surface area contributed by atoms with Crippen LogP contribution in [0.4, 0.5) is 0 Å². The van der Waals surface area contributed by atoms with Gasteiger partial charge in [-0.1, -0.05) is 13.3 Å². The Hall–Kier alpha value is -0.0400. The molecule has 0 radical (unpaired) electrons. The molecule has 3 saturated carbocycles. The van der Waals surface area contributed by atoms with E-state index in [9.17, 15) is 0 Å². The molecule has 68 valence electrons. The molecule has 2 unspecified atom stereocenters. The average molecular weight is 165 g/mol. The van der Waals surface area contributed by atoms with Crippen molar-refractivity contribution < 1.29 is 0 Å². The van der Waals surface area contributed by atoms with Gasteiger partial charge in [0.25, 0.3) is 0 Å². The molecule has 1 nitrogen and oxygen atoms in total. The molecule has 3 aliphatic rings. The third-order valence-electron chi connectivity index (χ3n) is 5.00. The summed E-state index contributed by atoms with van der Waals surface area (Å²) in [6.45, 7) is 2.47. The number of nitrogens with two attached hydrogens (primary N) is 1. The van der Waals surface area contributed by atoms with Gasteiger partial charge in [0.2, 0.25) is 0 Å². The highest BCUT2D eigenvalue weighted by Gasteiger charge is 2.67. The van der Waals surface area contributed by atoms with Crippen LogP contribution in [-0.4, -0.2) is 6.04 Å². The van der Waals surface area contributed by atoms with E-state index < -0.39 is 0 Å². The van der Waals surface area contributed by atoms with E-state index in [1.165, 1.54) is 32.1 Å². The van der Waals surface area contributed by atoms with Crippen molar-refractivity contribution in [3.8, 4) is 0 Å². The fourth-order valence-corrected chi connectivity index (χ4v) is 3.99.